The molecule has 0 saturated heterocycles. The molecule has 1 atom stereocenters. The fraction of sp³-hybridized carbons (Fsp3) is 0.385. The van der Waals surface area contributed by atoms with Crippen molar-refractivity contribution in [3.05, 3.63) is 35.4 Å². The van der Waals surface area contributed by atoms with Crippen LogP contribution >= 0.6 is 0 Å². The van der Waals surface area contributed by atoms with Gasteiger partial charge in [-0.1, -0.05) is 29.8 Å². The first-order valence-electron chi connectivity index (χ1n) is 5.65. The molecule has 0 aliphatic carbocycles. The maximum Gasteiger partial charge on any atom is 0.224 e. The Morgan fingerprint density at radius 3 is 2.24 bits per heavy atom. The molecular weight excluding hydrogens is 216 g/mol. The third-order valence-electron chi connectivity index (χ3n) is 2.74. The Bertz CT molecular complexity index is 398. The lowest BCUT2D eigenvalue weighted by Gasteiger charge is -2.13. The predicted molar refractivity (Wildman–Crippen MR) is 66.2 cm³/mol. The van der Waals surface area contributed by atoms with Gasteiger partial charge in [0.15, 0.2) is 0 Å². The summed E-state index contributed by atoms with van der Waals surface area (Å²) in [6.07, 6.45) is 1.42. The summed E-state index contributed by atoms with van der Waals surface area (Å²) in [5, 5.41) is 0. The molecule has 1 aromatic rings. The third-order valence-corrected chi connectivity index (χ3v) is 2.74. The number of hydrogen-bond donors (Lipinski definition) is 2. The predicted octanol–water partition coefficient (Wildman–Crippen LogP) is 1.22. The van der Waals surface area contributed by atoms with Crippen LogP contribution in [-0.4, -0.2) is 11.8 Å². The summed E-state index contributed by atoms with van der Waals surface area (Å²) >= 11 is 0. The Morgan fingerprint density at radius 1 is 1.18 bits per heavy atom. The fourth-order valence-corrected chi connectivity index (χ4v) is 1.75. The molecule has 0 fully saturated rings. The molecule has 4 heteroatoms. The molecule has 0 aliphatic rings. The minimum atomic E-state index is -0.363. The summed E-state index contributed by atoms with van der Waals surface area (Å²) in [5.74, 6) is -1.05. The molecule has 0 bridgehead atoms. The second kappa shape index (κ2) is 6.03. The lowest BCUT2D eigenvalue weighted by atomic mass is 9.92. The quantitative estimate of drug-likeness (QED) is 0.775. The molecule has 0 saturated carbocycles. The van der Waals surface area contributed by atoms with Crippen LogP contribution in [0, 0.1) is 6.92 Å². The number of benzene rings is 1. The maximum atomic E-state index is 11.4. The number of rotatable bonds is 6. The molecule has 4 nitrogen and oxygen atoms in total. The lowest BCUT2D eigenvalue weighted by Crippen LogP contribution is -2.22. The van der Waals surface area contributed by atoms with E-state index in [1.807, 2.05) is 31.2 Å². The van der Waals surface area contributed by atoms with Gasteiger partial charge in [-0.2, -0.15) is 0 Å². The van der Waals surface area contributed by atoms with Gasteiger partial charge in [-0.3, -0.25) is 9.59 Å². The van der Waals surface area contributed by atoms with Crippen molar-refractivity contribution >= 4 is 11.8 Å². The standard InChI is InChI=1S/C13H18N2O2/c1-9-5-7-10(8-6-9)11(13(15)17)3-2-4-12(14)16/h5-8,11H,2-4H2,1H3,(H2,14,16)(H2,15,17). The molecule has 0 radical (unpaired) electrons. The first-order valence-corrected chi connectivity index (χ1v) is 5.65. The van der Waals surface area contributed by atoms with Crippen LogP contribution in [0.5, 0.6) is 0 Å². The van der Waals surface area contributed by atoms with Gasteiger partial charge in [0.05, 0.1) is 5.92 Å². The highest BCUT2D eigenvalue weighted by atomic mass is 16.1. The van der Waals surface area contributed by atoms with Gasteiger partial charge in [0.1, 0.15) is 0 Å². The second-order valence-electron chi connectivity index (χ2n) is 4.22. The first-order chi connectivity index (χ1) is 8.00. The van der Waals surface area contributed by atoms with Gasteiger partial charge in [-0.25, -0.2) is 0 Å². The Hall–Kier alpha value is -1.84. The zero-order chi connectivity index (χ0) is 12.8. The number of carbonyl (C=O) groups is 2. The molecule has 0 aromatic heterocycles. The molecule has 1 rings (SSSR count). The molecule has 17 heavy (non-hydrogen) atoms. The van der Waals surface area contributed by atoms with Gasteiger partial charge in [0.2, 0.25) is 11.8 Å². The average molecular weight is 234 g/mol. The molecule has 92 valence electrons. The van der Waals surface area contributed by atoms with Crippen LogP contribution in [0.4, 0.5) is 0 Å². The lowest BCUT2D eigenvalue weighted by molar-refractivity contribution is -0.120. The summed E-state index contributed by atoms with van der Waals surface area (Å²) in [4.78, 5) is 22.0. The summed E-state index contributed by atoms with van der Waals surface area (Å²) in [6.45, 7) is 1.98. The van der Waals surface area contributed by atoms with E-state index in [0.717, 1.165) is 11.1 Å². The zero-order valence-corrected chi connectivity index (χ0v) is 9.98. The van der Waals surface area contributed by atoms with E-state index in [1.54, 1.807) is 0 Å². The Labute approximate surface area is 101 Å². The van der Waals surface area contributed by atoms with Crippen molar-refractivity contribution in [2.45, 2.75) is 32.1 Å². The summed E-state index contributed by atoms with van der Waals surface area (Å²) in [7, 11) is 0. The van der Waals surface area contributed by atoms with Crippen molar-refractivity contribution < 1.29 is 9.59 Å². The number of hydrogen-bond acceptors (Lipinski definition) is 2. The first kappa shape index (κ1) is 13.2. The van der Waals surface area contributed by atoms with Gasteiger partial charge >= 0.3 is 0 Å². The number of primary amides is 2. The molecule has 1 unspecified atom stereocenters. The van der Waals surface area contributed by atoms with Crippen molar-refractivity contribution in [2.75, 3.05) is 0 Å². The number of amides is 2. The summed E-state index contributed by atoms with van der Waals surface area (Å²) in [5.41, 5.74) is 12.5. The Balaban J connectivity index is 2.69. The molecule has 2 amide bonds. The molecule has 0 spiro atoms. The maximum absolute atomic E-state index is 11.4. The highest BCUT2D eigenvalue weighted by Crippen LogP contribution is 2.22. The van der Waals surface area contributed by atoms with Crippen molar-refractivity contribution in [3.63, 3.8) is 0 Å². The van der Waals surface area contributed by atoms with Crippen molar-refractivity contribution in [2.24, 2.45) is 11.5 Å². The fourth-order valence-electron chi connectivity index (χ4n) is 1.75. The highest BCUT2D eigenvalue weighted by molar-refractivity contribution is 5.82. The van der Waals surface area contributed by atoms with Crippen LogP contribution in [-0.2, 0) is 9.59 Å². The second-order valence-corrected chi connectivity index (χ2v) is 4.22. The molecular formula is C13H18N2O2. The van der Waals surface area contributed by atoms with Gasteiger partial charge < -0.3 is 11.5 Å². The number of nitrogens with two attached hydrogens (primary N) is 2. The van der Waals surface area contributed by atoms with Crippen molar-refractivity contribution in [1.82, 2.24) is 0 Å². The van der Waals surface area contributed by atoms with Crippen LogP contribution < -0.4 is 11.5 Å². The molecule has 0 aliphatic heterocycles. The van der Waals surface area contributed by atoms with E-state index in [-0.39, 0.29) is 24.2 Å². The minimum absolute atomic E-state index is 0.287. The van der Waals surface area contributed by atoms with E-state index in [1.165, 1.54) is 0 Å². The zero-order valence-electron chi connectivity index (χ0n) is 9.98. The van der Waals surface area contributed by atoms with Gasteiger partial charge in [0.25, 0.3) is 0 Å². The molecule has 1 aromatic carbocycles. The molecule has 4 N–H and O–H groups in total. The van der Waals surface area contributed by atoms with E-state index in [0.29, 0.717) is 12.8 Å². The monoisotopic (exact) mass is 234 g/mol. The number of aryl methyl sites for hydroxylation is 1. The van der Waals surface area contributed by atoms with E-state index in [2.05, 4.69) is 0 Å². The van der Waals surface area contributed by atoms with Crippen LogP contribution in [0.25, 0.3) is 0 Å². The highest BCUT2D eigenvalue weighted by Gasteiger charge is 2.17. The van der Waals surface area contributed by atoms with Crippen LogP contribution in [0.1, 0.15) is 36.3 Å². The largest absolute Gasteiger partial charge is 0.370 e. The normalized spacial score (nSPS) is 12.1. The summed E-state index contributed by atoms with van der Waals surface area (Å²) in [6, 6.07) is 7.68. The minimum Gasteiger partial charge on any atom is -0.370 e. The van der Waals surface area contributed by atoms with Gasteiger partial charge in [-0.15, -0.1) is 0 Å². The Kier molecular flexibility index (Phi) is 4.69. The van der Waals surface area contributed by atoms with Crippen LogP contribution in [0.2, 0.25) is 0 Å². The van der Waals surface area contributed by atoms with Crippen molar-refractivity contribution in [1.29, 1.82) is 0 Å². The summed E-state index contributed by atoms with van der Waals surface area (Å²) < 4.78 is 0. The van der Waals surface area contributed by atoms with Gasteiger partial charge in [0, 0.05) is 6.42 Å². The van der Waals surface area contributed by atoms with Gasteiger partial charge in [-0.05, 0) is 25.3 Å². The Morgan fingerprint density at radius 2 is 1.76 bits per heavy atom. The van der Waals surface area contributed by atoms with Crippen LogP contribution in [0.15, 0.2) is 24.3 Å². The number of carbonyl (C=O) groups excluding carboxylic acids is 2. The van der Waals surface area contributed by atoms with E-state index in [9.17, 15) is 9.59 Å². The molecule has 0 heterocycles. The van der Waals surface area contributed by atoms with E-state index >= 15 is 0 Å². The smallest absolute Gasteiger partial charge is 0.224 e. The third kappa shape index (κ3) is 4.26. The van der Waals surface area contributed by atoms with E-state index in [4.69, 9.17) is 11.5 Å². The SMILES string of the molecule is Cc1ccc(C(CCCC(N)=O)C(N)=O)cc1. The van der Waals surface area contributed by atoms with Crippen LogP contribution in [0.3, 0.4) is 0 Å². The topological polar surface area (TPSA) is 86.2 Å². The average Bonchev–Trinajstić information content (AvgIpc) is 2.25. The van der Waals surface area contributed by atoms with E-state index < -0.39 is 0 Å². The van der Waals surface area contributed by atoms with Crippen molar-refractivity contribution in [3.8, 4) is 0 Å².